The Morgan fingerprint density at radius 1 is 1.25 bits per heavy atom. The van der Waals surface area contributed by atoms with Crippen LogP contribution in [0, 0.1) is 6.92 Å². The number of nitrogens with two attached hydrogens (primary N) is 2. The monoisotopic (exact) mass is 395 g/mol. The summed E-state index contributed by atoms with van der Waals surface area (Å²) in [6.45, 7) is 3.74. The summed E-state index contributed by atoms with van der Waals surface area (Å²) in [5.74, 6) is -0.517. The second-order valence-electron chi connectivity index (χ2n) is 6.60. The van der Waals surface area contributed by atoms with Crippen molar-refractivity contribution < 1.29 is 9.53 Å². The molecule has 0 aliphatic carbocycles. The maximum absolute atomic E-state index is 11.9. The van der Waals surface area contributed by atoms with Crippen LogP contribution in [0.2, 0.25) is 0 Å². The van der Waals surface area contributed by atoms with Crippen LogP contribution in [0.4, 0.5) is 5.69 Å². The van der Waals surface area contributed by atoms with Gasteiger partial charge in [0, 0.05) is 16.8 Å². The predicted octanol–water partition coefficient (Wildman–Crippen LogP) is 1.84. The molecular formula is C18H17N7O2S. The number of primary amides is 1. The number of thiazole rings is 1. The van der Waals surface area contributed by atoms with Gasteiger partial charge in [-0.15, -0.1) is 11.3 Å². The number of aryl methyl sites for hydroxylation is 1. The number of carbonyl (C=O) groups excluding carboxylic acids is 1. The fourth-order valence-electron chi connectivity index (χ4n) is 3.48. The lowest BCUT2D eigenvalue weighted by atomic mass is 10.1. The standard InChI is InChI=1S/C18H17N7O2S/c1-9-11(4-10(19)5-21-9)15-16(12-6-22-24-2-3-27-8-14(12)24)28-18-13(17(20)26)7-23-25(15)18/h4-7H,2-3,8,19H2,1H3,(H2,20,26). The molecule has 0 bridgehead atoms. The number of ether oxygens (including phenoxy) is 1. The van der Waals surface area contributed by atoms with Gasteiger partial charge in [0.05, 0.1) is 65.9 Å². The summed E-state index contributed by atoms with van der Waals surface area (Å²) in [5, 5.41) is 8.93. The number of fused-ring (bicyclic) bond motifs is 2. The van der Waals surface area contributed by atoms with Crippen LogP contribution in [-0.4, -0.2) is 36.9 Å². The molecular weight excluding hydrogens is 378 g/mol. The summed E-state index contributed by atoms with van der Waals surface area (Å²) >= 11 is 1.45. The van der Waals surface area contributed by atoms with E-state index >= 15 is 0 Å². The van der Waals surface area contributed by atoms with Crippen molar-refractivity contribution in [3.8, 4) is 21.7 Å². The number of nitrogens with zero attached hydrogens (tertiary/aromatic N) is 5. The van der Waals surface area contributed by atoms with Crippen LogP contribution < -0.4 is 11.5 Å². The maximum Gasteiger partial charge on any atom is 0.253 e. The smallest absolute Gasteiger partial charge is 0.253 e. The van der Waals surface area contributed by atoms with Gasteiger partial charge in [0.25, 0.3) is 5.91 Å². The highest BCUT2D eigenvalue weighted by atomic mass is 32.1. The van der Waals surface area contributed by atoms with E-state index in [1.54, 1.807) is 10.7 Å². The lowest BCUT2D eigenvalue weighted by Crippen LogP contribution is -2.17. The number of carbonyl (C=O) groups is 1. The van der Waals surface area contributed by atoms with E-state index in [9.17, 15) is 4.79 Å². The number of aromatic nitrogens is 5. The summed E-state index contributed by atoms with van der Waals surface area (Å²) in [7, 11) is 0. The Morgan fingerprint density at radius 3 is 2.93 bits per heavy atom. The van der Waals surface area contributed by atoms with E-state index < -0.39 is 5.91 Å². The van der Waals surface area contributed by atoms with E-state index in [2.05, 4.69) is 15.2 Å². The predicted molar refractivity (Wildman–Crippen MR) is 105 cm³/mol. The fraction of sp³-hybridized carbons (Fsp3) is 0.222. The molecule has 0 saturated carbocycles. The molecule has 1 aliphatic rings. The van der Waals surface area contributed by atoms with Crippen LogP contribution >= 0.6 is 11.3 Å². The van der Waals surface area contributed by atoms with Gasteiger partial charge in [0.2, 0.25) is 0 Å². The average molecular weight is 395 g/mol. The van der Waals surface area contributed by atoms with Gasteiger partial charge in [-0.2, -0.15) is 10.2 Å². The highest BCUT2D eigenvalue weighted by Crippen LogP contribution is 2.43. The topological polar surface area (TPSA) is 126 Å². The Morgan fingerprint density at radius 2 is 2.11 bits per heavy atom. The third-order valence-electron chi connectivity index (χ3n) is 4.86. The highest BCUT2D eigenvalue weighted by Gasteiger charge is 2.26. The number of nitrogen functional groups attached to an aromatic ring is 1. The van der Waals surface area contributed by atoms with Crippen molar-refractivity contribution in [2.45, 2.75) is 20.1 Å². The second-order valence-corrected chi connectivity index (χ2v) is 7.60. The summed E-state index contributed by atoms with van der Waals surface area (Å²) < 4.78 is 9.32. The lowest BCUT2D eigenvalue weighted by molar-refractivity contribution is 0.0804. The second kappa shape index (κ2) is 6.14. The van der Waals surface area contributed by atoms with Crippen molar-refractivity contribution in [2.75, 3.05) is 12.3 Å². The molecule has 0 aromatic carbocycles. The number of anilines is 1. The van der Waals surface area contributed by atoms with Crippen LogP contribution in [0.1, 0.15) is 21.7 Å². The molecule has 4 N–H and O–H groups in total. The van der Waals surface area contributed by atoms with Gasteiger partial charge >= 0.3 is 0 Å². The van der Waals surface area contributed by atoms with Gasteiger partial charge in [0.15, 0.2) is 0 Å². The molecule has 4 aromatic rings. The Bertz CT molecular complexity index is 1240. The SMILES string of the molecule is Cc1ncc(N)cc1-c1c(-c2cnn3c2COCC3)sc2c(C(N)=O)cnn12. The average Bonchev–Trinajstić information content (AvgIpc) is 3.35. The zero-order valence-electron chi connectivity index (χ0n) is 15.0. The molecule has 0 saturated heterocycles. The molecule has 10 heteroatoms. The van der Waals surface area contributed by atoms with Crippen LogP contribution in [0.5, 0.6) is 0 Å². The van der Waals surface area contributed by atoms with Crippen molar-refractivity contribution in [2.24, 2.45) is 5.73 Å². The Hall–Kier alpha value is -3.24. The van der Waals surface area contributed by atoms with Crippen LogP contribution in [0.25, 0.3) is 26.5 Å². The van der Waals surface area contributed by atoms with Crippen molar-refractivity contribution in [1.82, 2.24) is 24.4 Å². The summed E-state index contributed by atoms with van der Waals surface area (Å²) in [6, 6.07) is 1.87. The van der Waals surface area contributed by atoms with E-state index in [-0.39, 0.29) is 0 Å². The molecule has 0 atom stereocenters. The highest BCUT2D eigenvalue weighted by molar-refractivity contribution is 7.21. The Balaban J connectivity index is 1.85. The molecule has 1 amide bonds. The third-order valence-corrected chi connectivity index (χ3v) is 6.06. The molecule has 0 fully saturated rings. The van der Waals surface area contributed by atoms with E-state index in [0.29, 0.717) is 35.8 Å². The third kappa shape index (κ3) is 2.42. The first-order valence-corrected chi connectivity index (χ1v) is 9.52. The molecule has 5 heterocycles. The van der Waals surface area contributed by atoms with Crippen molar-refractivity contribution in [1.29, 1.82) is 0 Å². The normalized spacial score (nSPS) is 13.8. The summed E-state index contributed by atoms with van der Waals surface area (Å²) in [5.41, 5.74) is 16.9. The van der Waals surface area contributed by atoms with Crippen molar-refractivity contribution >= 4 is 27.8 Å². The van der Waals surface area contributed by atoms with E-state index in [1.807, 2.05) is 23.9 Å². The molecule has 5 rings (SSSR count). The lowest BCUT2D eigenvalue weighted by Gasteiger charge is -2.15. The number of pyridine rings is 1. The van der Waals surface area contributed by atoms with E-state index in [0.717, 1.165) is 33.1 Å². The van der Waals surface area contributed by atoms with Crippen LogP contribution in [0.15, 0.2) is 24.7 Å². The number of amides is 1. The van der Waals surface area contributed by atoms with Crippen molar-refractivity contribution in [3.05, 3.63) is 41.6 Å². The van der Waals surface area contributed by atoms with E-state index in [1.165, 1.54) is 17.5 Å². The van der Waals surface area contributed by atoms with Gasteiger partial charge in [-0.05, 0) is 13.0 Å². The molecule has 0 spiro atoms. The number of hydrogen-bond donors (Lipinski definition) is 2. The molecule has 0 unspecified atom stereocenters. The fourth-order valence-corrected chi connectivity index (χ4v) is 4.73. The van der Waals surface area contributed by atoms with Crippen molar-refractivity contribution in [3.63, 3.8) is 0 Å². The van der Waals surface area contributed by atoms with Gasteiger partial charge in [-0.1, -0.05) is 0 Å². The van der Waals surface area contributed by atoms with Gasteiger partial charge in [-0.3, -0.25) is 14.5 Å². The maximum atomic E-state index is 11.9. The first kappa shape index (κ1) is 16.9. The minimum absolute atomic E-state index is 0.379. The summed E-state index contributed by atoms with van der Waals surface area (Å²) in [4.78, 5) is 17.9. The summed E-state index contributed by atoms with van der Waals surface area (Å²) in [6.07, 6.45) is 4.94. The number of rotatable bonds is 3. The molecule has 9 nitrogen and oxygen atoms in total. The van der Waals surface area contributed by atoms with Gasteiger partial charge in [-0.25, -0.2) is 4.52 Å². The minimum atomic E-state index is -0.517. The zero-order chi connectivity index (χ0) is 19.4. The van der Waals surface area contributed by atoms with Crippen LogP contribution in [-0.2, 0) is 17.9 Å². The molecule has 142 valence electrons. The van der Waals surface area contributed by atoms with Gasteiger partial charge < -0.3 is 16.2 Å². The molecule has 1 aliphatic heterocycles. The van der Waals surface area contributed by atoms with E-state index in [4.69, 9.17) is 16.2 Å². The van der Waals surface area contributed by atoms with Gasteiger partial charge in [0.1, 0.15) is 4.83 Å². The first-order valence-electron chi connectivity index (χ1n) is 8.70. The van der Waals surface area contributed by atoms with Crippen LogP contribution in [0.3, 0.4) is 0 Å². The molecule has 28 heavy (non-hydrogen) atoms. The molecule has 4 aromatic heterocycles. The quantitative estimate of drug-likeness (QED) is 0.545. The first-order chi connectivity index (χ1) is 13.5. The molecule has 0 radical (unpaired) electrons. The Kier molecular flexibility index (Phi) is 3.71. The largest absolute Gasteiger partial charge is 0.397 e. The zero-order valence-corrected chi connectivity index (χ0v) is 15.9. The Labute approximate surface area is 163 Å². The minimum Gasteiger partial charge on any atom is -0.397 e. The number of hydrogen-bond acceptors (Lipinski definition) is 7.